The second-order valence-corrected chi connectivity index (χ2v) is 9.81. The summed E-state index contributed by atoms with van der Waals surface area (Å²) in [6.07, 6.45) is 7.62. The maximum absolute atomic E-state index is 14.4. The highest BCUT2D eigenvalue weighted by Gasteiger charge is 2.17. The van der Waals surface area contributed by atoms with Gasteiger partial charge >= 0.3 is 5.97 Å². The smallest absolute Gasteiger partial charge is 0.305 e. The molecule has 1 fully saturated rings. The number of hydrogen-bond donors (Lipinski definition) is 1. The molecule has 0 unspecified atom stereocenters. The van der Waals surface area contributed by atoms with Crippen LogP contribution in [0.15, 0.2) is 36.7 Å². The second-order valence-electron chi connectivity index (χ2n) is 9.81. The number of methoxy groups -OCH3 is 1. The zero-order chi connectivity index (χ0) is 26.9. The van der Waals surface area contributed by atoms with Crippen LogP contribution >= 0.6 is 0 Å². The summed E-state index contributed by atoms with van der Waals surface area (Å²) in [4.78, 5) is 24.5. The lowest BCUT2D eigenvalue weighted by atomic mass is 10.1. The molecule has 0 radical (unpaired) electrons. The number of ether oxygens (including phenoxy) is 1. The van der Waals surface area contributed by atoms with Crippen molar-refractivity contribution in [3.63, 3.8) is 0 Å². The highest BCUT2D eigenvalue weighted by Crippen LogP contribution is 2.24. The van der Waals surface area contributed by atoms with Gasteiger partial charge in [-0.15, -0.1) is 5.10 Å². The normalized spacial score (nSPS) is 14.2. The Kier molecular flexibility index (Phi) is 9.58. The minimum absolute atomic E-state index is 0.116. The maximum Gasteiger partial charge on any atom is 0.305 e. The van der Waals surface area contributed by atoms with Crippen LogP contribution in [0, 0.1) is 5.82 Å². The van der Waals surface area contributed by atoms with Crippen molar-refractivity contribution in [1.29, 1.82) is 0 Å². The summed E-state index contributed by atoms with van der Waals surface area (Å²) in [5, 5.41) is 11.2. The SMILES string of the molecule is COC(=O)CCCCCCN1CCN(c2ccc(Nc3ncc(F)c(-c4cn(C(C)C)nn4)n3)cc2)CC1. The molecular formula is C27H37FN8O2. The van der Waals surface area contributed by atoms with E-state index in [1.807, 2.05) is 26.0 Å². The molecular weight excluding hydrogens is 487 g/mol. The van der Waals surface area contributed by atoms with Crippen molar-refractivity contribution in [3.05, 3.63) is 42.5 Å². The van der Waals surface area contributed by atoms with Crippen LogP contribution in [0.3, 0.4) is 0 Å². The number of aromatic nitrogens is 5. The number of nitrogens with one attached hydrogen (secondary N) is 1. The standard InChI is InChI=1S/C27H37FN8O2/c1-20(2)36-19-24(32-33-36)26-23(28)18-29-27(31-26)30-21-9-11-22(12-10-21)35-16-14-34(15-17-35)13-7-5-4-6-8-25(37)38-3/h9-12,18-20H,4-8,13-17H2,1-3H3,(H,29,30,31). The third kappa shape index (κ3) is 7.47. The van der Waals surface area contributed by atoms with Gasteiger partial charge in [-0.3, -0.25) is 9.69 Å². The van der Waals surface area contributed by atoms with Crippen LogP contribution in [0.1, 0.15) is 52.0 Å². The molecule has 0 atom stereocenters. The molecule has 1 saturated heterocycles. The van der Waals surface area contributed by atoms with Crippen LogP contribution < -0.4 is 10.2 Å². The van der Waals surface area contributed by atoms with Gasteiger partial charge in [-0.25, -0.2) is 19.0 Å². The van der Waals surface area contributed by atoms with Crippen LogP contribution in [0.2, 0.25) is 0 Å². The summed E-state index contributed by atoms with van der Waals surface area (Å²) in [6.45, 7) is 9.09. The maximum atomic E-state index is 14.4. The minimum Gasteiger partial charge on any atom is -0.469 e. The number of nitrogens with zero attached hydrogens (tertiary/aromatic N) is 7. The Morgan fingerprint density at radius 3 is 2.50 bits per heavy atom. The first kappa shape index (κ1) is 27.4. The van der Waals surface area contributed by atoms with Crippen molar-refractivity contribution >= 4 is 23.3 Å². The summed E-state index contributed by atoms with van der Waals surface area (Å²) >= 11 is 0. The molecule has 2 aromatic heterocycles. The summed E-state index contributed by atoms with van der Waals surface area (Å²) in [5.74, 6) is -0.363. The average molecular weight is 525 g/mol. The topological polar surface area (TPSA) is 101 Å². The van der Waals surface area contributed by atoms with Gasteiger partial charge in [-0.05, 0) is 57.5 Å². The highest BCUT2D eigenvalue weighted by atomic mass is 19.1. The summed E-state index contributed by atoms with van der Waals surface area (Å²) in [5.41, 5.74) is 2.48. The molecule has 1 N–H and O–H groups in total. The number of anilines is 3. The highest BCUT2D eigenvalue weighted by molar-refractivity contribution is 5.69. The Bertz CT molecular complexity index is 1180. The van der Waals surface area contributed by atoms with Crippen molar-refractivity contribution in [2.45, 2.75) is 52.0 Å². The van der Waals surface area contributed by atoms with Crippen LogP contribution in [-0.4, -0.2) is 75.7 Å². The lowest BCUT2D eigenvalue weighted by Crippen LogP contribution is -2.46. The fourth-order valence-electron chi connectivity index (χ4n) is 4.42. The quantitative estimate of drug-likeness (QED) is 0.272. The van der Waals surface area contributed by atoms with E-state index < -0.39 is 5.82 Å². The fourth-order valence-corrected chi connectivity index (χ4v) is 4.42. The van der Waals surface area contributed by atoms with Crippen LogP contribution in [0.5, 0.6) is 0 Å². The minimum atomic E-state index is -0.542. The number of piperazine rings is 1. The van der Waals surface area contributed by atoms with E-state index in [0.717, 1.165) is 70.3 Å². The van der Waals surface area contributed by atoms with Crippen LogP contribution in [-0.2, 0) is 9.53 Å². The number of carbonyl (C=O) groups excluding carboxylic acids is 1. The lowest BCUT2D eigenvalue weighted by molar-refractivity contribution is -0.140. The van der Waals surface area contributed by atoms with Crippen molar-refractivity contribution in [2.75, 3.05) is 50.1 Å². The number of rotatable bonds is 12. The van der Waals surface area contributed by atoms with E-state index in [1.165, 1.54) is 12.8 Å². The van der Waals surface area contributed by atoms with Gasteiger partial charge < -0.3 is 15.0 Å². The molecule has 3 aromatic rings. The molecule has 0 amide bonds. The number of carbonyl (C=O) groups is 1. The number of hydrogen-bond acceptors (Lipinski definition) is 9. The molecule has 0 aliphatic carbocycles. The van der Waals surface area contributed by atoms with Gasteiger partial charge in [0.15, 0.2) is 5.82 Å². The summed E-state index contributed by atoms with van der Waals surface area (Å²) in [7, 11) is 1.44. The molecule has 10 nitrogen and oxygen atoms in total. The van der Waals surface area contributed by atoms with Crippen molar-refractivity contribution in [2.24, 2.45) is 0 Å². The number of benzene rings is 1. The first-order chi connectivity index (χ1) is 18.4. The molecule has 3 heterocycles. The zero-order valence-electron chi connectivity index (χ0n) is 22.4. The van der Waals surface area contributed by atoms with Gasteiger partial charge in [0, 0.05) is 50.0 Å². The molecule has 204 valence electrons. The van der Waals surface area contributed by atoms with E-state index in [1.54, 1.807) is 10.9 Å². The first-order valence-corrected chi connectivity index (χ1v) is 13.3. The van der Waals surface area contributed by atoms with E-state index in [9.17, 15) is 9.18 Å². The van der Waals surface area contributed by atoms with Gasteiger partial charge in [0.25, 0.3) is 0 Å². The molecule has 1 aliphatic rings. The molecule has 1 aromatic carbocycles. The van der Waals surface area contributed by atoms with Gasteiger partial charge in [-0.1, -0.05) is 18.1 Å². The van der Waals surface area contributed by atoms with Gasteiger partial charge in [0.1, 0.15) is 11.4 Å². The monoisotopic (exact) mass is 524 g/mol. The van der Waals surface area contributed by atoms with Gasteiger partial charge in [0.05, 0.1) is 19.5 Å². The average Bonchev–Trinajstić information content (AvgIpc) is 3.43. The van der Waals surface area contributed by atoms with E-state index in [0.29, 0.717) is 18.1 Å². The summed E-state index contributed by atoms with van der Waals surface area (Å²) in [6, 6.07) is 8.25. The Hall–Kier alpha value is -3.60. The predicted octanol–water partition coefficient (Wildman–Crippen LogP) is 4.44. The molecule has 38 heavy (non-hydrogen) atoms. The predicted molar refractivity (Wildman–Crippen MR) is 145 cm³/mol. The second kappa shape index (κ2) is 13.3. The molecule has 0 spiro atoms. The Balaban J connectivity index is 1.24. The Labute approximate surface area is 223 Å². The summed E-state index contributed by atoms with van der Waals surface area (Å²) < 4.78 is 20.7. The fraction of sp³-hybridized carbons (Fsp3) is 0.519. The van der Waals surface area contributed by atoms with E-state index in [4.69, 9.17) is 0 Å². The van der Waals surface area contributed by atoms with E-state index >= 15 is 0 Å². The van der Waals surface area contributed by atoms with Crippen molar-refractivity contribution in [1.82, 2.24) is 29.9 Å². The Morgan fingerprint density at radius 2 is 1.82 bits per heavy atom. The van der Waals surface area contributed by atoms with Crippen LogP contribution in [0.4, 0.5) is 21.7 Å². The van der Waals surface area contributed by atoms with Crippen molar-refractivity contribution in [3.8, 4) is 11.4 Å². The van der Waals surface area contributed by atoms with Gasteiger partial charge in [-0.2, -0.15) is 0 Å². The largest absolute Gasteiger partial charge is 0.469 e. The number of esters is 1. The number of halogens is 1. The van der Waals surface area contributed by atoms with Crippen LogP contribution in [0.25, 0.3) is 11.4 Å². The molecule has 4 rings (SSSR count). The Morgan fingerprint density at radius 1 is 1.08 bits per heavy atom. The number of unbranched alkanes of at least 4 members (excludes halogenated alkanes) is 3. The molecule has 0 saturated carbocycles. The third-order valence-corrected chi connectivity index (χ3v) is 6.72. The van der Waals surface area contributed by atoms with E-state index in [2.05, 4.69) is 52.3 Å². The third-order valence-electron chi connectivity index (χ3n) is 6.72. The molecule has 11 heteroatoms. The van der Waals surface area contributed by atoms with Crippen molar-refractivity contribution < 1.29 is 13.9 Å². The first-order valence-electron chi connectivity index (χ1n) is 13.3. The molecule has 1 aliphatic heterocycles. The lowest BCUT2D eigenvalue weighted by Gasteiger charge is -2.36. The van der Waals surface area contributed by atoms with E-state index in [-0.39, 0.29) is 17.7 Å². The van der Waals surface area contributed by atoms with Gasteiger partial charge in [0.2, 0.25) is 5.95 Å². The zero-order valence-corrected chi connectivity index (χ0v) is 22.4. The molecule has 0 bridgehead atoms.